The summed E-state index contributed by atoms with van der Waals surface area (Å²) in [7, 11) is 0. The summed E-state index contributed by atoms with van der Waals surface area (Å²) in [5, 5.41) is 19.0. The normalized spacial score (nSPS) is 15.7. The van der Waals surface area contributed by atoms with Crippen molar-refractivity contribution in [3.63, 3.8) is 0 Å². The molecule has 0 saturated carbocycles. The molecule has 56 valence electrons. The molecule has 0 spiro atoms. The summed E-state index contributed by atoms with van der Waals surface area (Å²) in [5.41, 5.74) is -0.965. The summed E-state index contributed by atoms with van der Waals surface area (Å²) < 4.78 is 0. The van der Waals surface area contributed by atoms with Gasteiger partial charge in [-0.1, -0.05) is 15.9 Å². The van der Waals surface area contributed by atoms with Crippen LogP contribution in [0.15, 0.2) is 0 Å². The van der Waals surface area contributed by atoms with E-state index in [0.717, 1.165) is 5.33 Å². The van der Waals surface area contributed by atoms with Crippen LogP contribution in [0, 0.1) is 0 Å². The number of halogens is 1. The van der Waals surface area contributed by atoms with E-state index in [1.165, 1.54) is 0 Å². The van der Waals surface area contributed by atoms with Crippen LogP contribution in [-0.2, 0) is 0 Å². The number of aliphatic hydroxyl groups excluding tert-OH is 1. The quantitative estimate of drug-likeness (QED) is 0.660. The summed E-state index contributed by atoms with van der Waals surface area (Å²) in [6.07, 6.45) is -0.0411. The van der Waals surface area contributed by atoms with E-state index in [1.54, 1.807) is 13.8 Å². The topological polar surface area (TPSA) is 40.5 Å². The predicted octanol–water partition coefficient (Wildman–Crippen LogP) is 0.903. The molecule has 0 fully saturated rings. The number of rotatable bonds is 3. The first kappa shape index (κ1) is 9.40. The number of alkyl halides is 1. The first-order valence-corrected chi connectivity index (χ1v) is 4.07. The van der Waals surface area contributed by atoms with E-state index in [4.69, 9.17) is 10.2 Å². The number of aliphatic hydroxyl groups is 2. The van der Waals surface area contributed by atoms with Crippen molar-refractivity contribution in [3.05, 3.63) is 0 Å². The smallest absolute Gasteiger partial charge is 0.0849 e. The maximum Gasteiger partial charge on any atom is 0.0849 e. The minimum absolute atomic E-state index is 0.587. The Morgan fingerprint density at radius 1 is 1.56 bits per heavy atom. The van der Waals surface area contributed by atoms with Crippen molar-refractivity contribution in [2.45, 2.75) is 32.0 Å². The monoisotopic (exact) mass is 196 g/mol. The molecule has 0 rings (SSSR count). The average Bonchev–Trinajstić information content (AvgIpc) is 1.64. The van der Waals surface area contributed by atoms with Crippen molar-refractivity contribution in [1.82, 2.24) is 0 Å². The van der Waals surface area contributed by atoms with E-state index in [2.05, 4.69) is 15.9 Å². The van der Waals surface area contributed by atoms with Gasteiger partial charge in [0.2, 0.25) is 0 Å². The molecule has 0 aromatic carbocycles. The van der Waals surface area contributed by atoms with Gasteiger partial charge in [0, 0.05) is 5.33 Å². The van der Waals surface area contributed by atoms with Crippen LogP contribution in [-0.4, -0.2) is 27.2 Å². The molecule has 3 heteroatoms. The molecule has 1 atom stereocenters. The van der Waals surface area contributed by atoms with Gasteiger partial charge >= 0.3 is 0 Å². The number of hydrogen-bond donors (Lipinski definition) is 2. The van der Waals surface area contributed by atoms with Gasteiger partial charge in [-0.05, 0) is 20.3 Å². The van der Waals surface area contributed by atoms with E-state index in [0.29, 0.717) is 6.42 Å². The van der Waals surface area contributed by atoms with Crippen molar-refractivity contribution in [2.75, 3.05) is 5.33 Å². The van der Waals surface area contributed by atoms with Crippen LogP contribution >= 0.6 is 15.9 Å². The Morgan fingerprint density at radius 3 is 2.11 bits per heavy atom. The Balaban J connectivity index is 3.59. The summed E-state index contributed by atoms with van der Waals surface area (Å²) in [6.45, 7) is 3.20. The lowest BCUT2D eigenvalue weighted by atomic mass is 10.0. The highest BCUT2D eigenvalue weighted by Gasteiger charge is 2.22. The molecule has 2 nitrogen and oxygen atoms in total. The third-order valence-corrected chi connectivity index (χ3v) is 1.66. The van der Waals surface area contributed by atoms with E-state index >= 15 is 0 Å². The second-order valence-corrected chi connectivity index (χ2v) is 3.44. The largest absolute Gasteiger partial charge is 0.390 e. The Labute approximate surface area is 64.0 Å². The molecule has 0 aliphatic heterocycles. The molecule has 0 bridgehead atoms. The van der Waals surface area contributed by atoms with Gasteiger partial charge in [0.25, 0.3) is 0 Å². The summed E-state index contributed by atoms with van der Waals surface area (Å²) >= 11 is 3.17. The molecule has 9 heavy (non-hydrogen) atoms. The fourth-order valence-corrected chi connectivity index (χ4v) is 0.890. The molecule has 2 N–H and O–H groups in total. The van der Waals surface area contributed by atoms with Gasteiger partial charge in [-0.3, -0.25) is 0 Å². The van der Waals surface area contributed by atoms with Gasteiger partial charge in [0.15, 0.2) is 0 Å². The lowest BCUT2D eigenvalue weighted by Gasteiger charge is -2.23. The van der Waals surface area contributed by atoms with Crippen LogP contribution in [0.2, 0.25) is 0 Å². The van der Waals surface area contributed by atoms with Crippen molar-refractivity contribution < 1.29 is 10.2 Å². The molecule has 0 unspecified atom stereocenters. The molecule has 0 aromatic rings. The van der Waals surface area contributed by atoms with Crippen molar-refractivity contribution in [1.29, 1.82) is 0 Å². The Kier molecular flexibility index (Phi) is 3.70. The van der Waals surface area contributed by atoms with Gasteiger partial charge in [0.1, 0.15) is 0 Å². The Bertz CT molecular complexity index is 77.6. The van der Waals surface area contributed by atoms with Crippen LogP contribution in [0.25, 0.3) is 0 Å². The van der Waals surface area contributed by atoms with Gasteiger partial charge in [0.05, 0.1) is 11.7 Å². The number of hydrogen-bond acceptors (Lipinski definition) is 2. The predicted molar refractivity (Wildman–Crippen MR) is 40.7 cm³/mol. The van der Waals surface area contributed by atoms with E-state index in [9.17, 15) is 0 Å². The van der Waals surface area contributed by atoms with E-state index < -0.39 is 11.7 Å². The lowest BCUT2D eigenvalue weighted by Crippen LogP contribution is -2.35. The zero-order valence-electron chi connectivity index (χ0n) is 5.76. The third kappa shape index (κ3) is 3.89. The summed E-state index contributed by atoms with van der Waals surface area (Å²) in [6, 6.07) is 0. The van der Waals surface area contributed by atoms with Gasteiger partial charge in [-0.2, -0.15) is 0 Å². The van der Waals surface area contributed by atoms with Crippen LogP contribution < -0.4 is 0 Å². The second kappa shape index (κ2) is 3.54. The minimum Gasteiger partial charge on any atom is -0.390 e. The average molecular weight is 197 g/mol. The molecule has 0 aliphatic rings. The highest BCUT2D eigenvalue weighted by molar-refractivity contribution is 9.09. The molecule has 0 saturated heterocycles. The zero-order valence-corrected chi connectivity index (χ0v) is 7.35. The first-order valence-electron chi connectivity index (χ1n) is 2.95. The summed E-state index contributed by atoms with van der Waals surface area (Å²) in [5.74, 6) is 0. The molecule has 0 amide bonds. The van der Waals surface area contributed by atoms with Crippen molar-refractivity contribution in [3.8, 4) is 0 Å². The molecule has 0 aromatic heterocycles. The van der Waals surface area contributed by atoms with Crippen molar-refractivity contribution >= 4 is 15.9 Å². The Morgan fingerprint density at radius 2 is 2.00 bits per heavy atom. The minimum atomic E-state index is -0.965. The maximum atomic E-state index is 9.15. The fraction of sp³-hybridized carbons (Fsp3) is 1.00. The SMILES string of the molecule is CC(C)(O)[C@@H](O)CCBr. The Hall–Kier alpha value is 0.400. The van der Waals surface area contributed by atoms with Gasteiger partial charge in [-0.15, -0.1) is 0 Å². The van der Waals surface area contributed by atoms with Gasteiger partial charge < -0.3 is 10.2 Å². The molecule has 0 heterocycles. The van der Waals surface area contributed by atoms with Crippen LogP contribution in [0.3, 0.4) is 0 Å². The fourth-order valence-electron chi connectivity index (χ4n) is 0.457. The highest BCUT2D eigenvalue weighted by atomic mass is 79.9. The standard InChI is InChI=1S/C6H13BrO2/c1-6(2,9)5(8)3-4-7/h5,8-9H,3-4H2,1-2H3/t5-/m0/s1. The molecular formula is C6H13BrO2. The molecular weight excluding hydrogens is 184 g/mol. The van der Waals surface area contributed by atoms with E-state index in [-0.39, 0.29) is 0 Å². The lowest BCUT2D eigenvalue weighted by molar-refractivity contribution is -0.0482. The third-order valence-electron chi connectivity index (χ3n) is 1.20. The molecule has 0 aliphatic carbocycles. The zero-order chi connectivity index (χ0) is 7.49. The highest BCUT2D eigenvalue weighted by Crippen LogP contribution is 2.11. The van der Waals surface area contributed by atoms with Crippen LogP contribution in [0.5, 0.6) is 0 Å². The second-order valence-electron chi connectivity index (χ2n) is 2.65. The van der Waals surface area contributed by atoms with Crippen LogP contribution in [0.4, 0.5) is 0 Å². The summed E-state index contributed by atoms with van der Waals surface area (Å²) in [4.78, 5) is 0. The van der Waals surface area contributed by atoms with Crippen LogP contribution in [0.1, 0.15) is 20.3 Å². The van der Waals surface area contributed by atoms with E-state index in [1.807, 2.05) is 0 Å². The van der Waals surface area contributed by atoms with Crippen molar-refractivity contribution in [2.24, 2.45) is 0 Å². The first-order chi connectivity index (χ1) is 3.98. The molecule has 0 radical (unpaired) electrons. The maximum absolute atomic E-state index is 9.15. The van der Waals surface area contributed by atoms with Gasteiger partial charge in [-0.25, -0.2) is 0 Å².